The van der Waals surface area contributed by atoms with E-state index in [9.17, 15) is 0 Å². The molecule has 0 aromatic heterocycles. The molecule has 0 aliphatic carbocycles. The van der Waals surface area contributed by atoms with E-state index in [1.54, 1.807) is 14.2 Å². The second-order valence-electron chi connectivity index (χ2n) is 0.972. The third-order valence-electron chi connectivity index (χ3n) is 0.526. The van der Waals surface area contributed by atoms with Crippen molar-refractivity contribution in [1.29, 1.82) is 0 Å². The van der Waals surface area contributed by atoms with E-state index in [0.29, 0.717) is 0 Å². The molecule has 0 spiro atoms. The summed E-state index contributed by atoms with van der Waals surface area (Å²) in [5.41, 5.74) is 0. The molecule has 0 saturated heterocycles. The third-order valence-corrected chi connectivity index (χ3v) is 0.526. The average molecular weight is 264 g/mol. The molecule has 10 heavy (non-hydrogen) atoms. The van der Waals surface area contributed by atoms with Crippen LogP contribution in [0.4, 0.5) is 0 Å². The Kier molecular flexibility index (Phi) is 29.4. The van der Waals surface area contributed by atoms with Crippen LogP contribution in [0, 0.1) is 14.2 Å². The van der Waals surface area contributed by atoms with Gasteiger partial charge in [0.05, 0.1) is 0 Å². The van der Waals surface area contributed by atoms with Crippen LogP contribution in [0.15, 0.2) is 0 Å². The summed E-state index contributed by atoms with van der Waals surface area (Å²) in [6.45, 7) is 3.43. The van der Waals surface area contributed by atoms with Crippen LogP contribution in [0.2, 0.25) is 0 Å². The maximum absolute atomic E-state index is 4.93. The van der Waals surface area contributed by atoms with Gasteiger partial charge in [0, 0.05) is 14.2 Å². The predicted molar refractivity (Wildman–Crippen MR) is 43.2 cm³/mol. The van der Waals surface area contributed by atoms with E-state index in [4.69, 9.17) is 17.0 Å². The Morgan fingerprint density at radius 3 is 1.50 bits per heavy atom. The van der Waals surface area contributed by atoms with Gasteiger partial charge in [-0.3, -0.25) is 0 Å². The molecule has 0 atom stereocenters. The molecule has 0 aromatic carbocycles. The van der Waals surface area contributed by atoms with Crippen LogP contribution in [0.3, 0.4) is 0 Å². The van der Waals surface area contributed by atoms with E-state index in [-0.39, 0.29) is 14.5 Å². The second-order valence-corrected chi connectivity index (χ2v) is 4.70. The van der Waals surface area contributed by atoms with Crippen LogP contribution in [-0.2, 0) is 30.2 Å². The van der Waals surface area contributed by atoms with E-state index < -0.39 is 20.8 Å². The molecule has 60 valence electrons. The quantitative estimate of drug-likeness (QED) is 0.560. The Morgan fingerprint density at radius 1 is 1.30 bits per heavy atom. The minimum absolute atomic E-state index is 0. The number of hydrogen-bond acceptors (Lipinski definition) is 2. The number of hydrogen-bond donors (Lipinski definition) is 0. The monoisotopic (exact) mass is 262 g/mol. The van der Waals surface area contributed by atoms with Gasteiger partial charge in [-0.15, -0.1) is 0 Å². The molecule has 0 rings (SSSR count). The summed E-state index contributed by atoms with van der Waals surface area (Å²) < 4.78 is 9.13. The Labute approximate surface area is 82.4 Å². The van der Waals surface area contributed by atoms with Gasteiger partial charge in [-0.1, -0.05) is 0 Å². The van der Waals surface area contributed by atoms with Crippen molar-refractivity contribution >= 4 is 24.1 Å². The van der Waals surface area contributed by atoms with Crippen LogP contribution >= 0.6 is 17.0 Å². The molecule has 0 aliphatic heterocycles. The first-order valence-corrected chi connectivity index (χ1v) is 8.40. The summed E-state index contributed by atoms with van der Waals surface area (Å²) in [5, 5.41) is 0. The van der Waals surface area contributed by atoms with Crippen molar-refractivity contribution in [1.82, 2.24) is 0 Å². The van der Waals surface area contributed by atoms with E-state index >= 15 is 0 Å². The molecule has 0 unspecified atom stereocenters. The number of halogens is 2. The molecule has 6 heteroatoms. The predicted octanol–water partition coefficient (Wildman–Crippen LogP) is 1.97. The summed E-state index contributed by atoms with van der Waals surface area (Å²) in [4.78, 5) is 0. The van der Waals surface area contributed by atoms with Crippen LogP contribution in [0.25, 0.3) is 0 Å². The molecule has 0 aromatic rings. The molecule has 0 fully saturated rings. The standard InChI is InChI=1S/C3H8BO2.CH3.2ClH.Zr/c1-4(5-2)6-3;;;;/h1H2,2-3H3;1H3;2*1H;/q2*-1;;;+4/p-2. The van der Waals surface area contributed by atoms with Crippen molar-refractivity contribution in [3.63, 3.8) is 0 Å². The first-order valence-electron chi connectivity index (χ1n) is 2.07. The Hall–Kier alpha value is 1.45. The van der Waals surface area contributed by atoms with Crippen molar-refractivity contribution in [3.05, 3.63) is 14.2 Å². The Morgan fingerprint density at radius 2 is 1.50 bits per heavy atom. The van der Waals surface area contributed by atoms with Crippen molar-refractivity contribution in [3.8, 4) is 0 Å². The summed E-state index contributed by atoms with van der Waals surface area (Å²) >= 11 is -0.826. The van der Waals surface area contributed by atoms with Gasteiger partial charge in [-0.2, -0.15) is 0 Å². The summed E-state index contributed by atoms with van der Waals surface area (Å²) in [5.74, 6) is 0. The Balaban J connectivity index is -0.000000107. The number of rotatable bonds is 2. The Bertz CT molecular complexity index is 48.2. The summed E-state index contributed by atoms with van der Waals surface area (Å²) in [6, 6.07) is 0. The van der Waals surface area contributed by atoms with Crippen molar-refractivity contribution in [2.24, 2.45) is 0 Å². The fourth-order valence-electron chi connectivity index (χ4n) is 0.0962. The van der Waals surface area contributed by atoms with E-state index in [1.165, 1.54) is 0 Å². The van der Waals surface area contributed by atoms with Crippen molar-refractivity contribution < 1.29 is 30.2 Å². The SMILES string of the molecule is [CH2-]B(OC)OC.[CH3-].[Cl][Zr+2][Cl]. The van der Waals surface area contributed by atoms with Crippen LogP contribution in [0.5, 0.6) is 0 Å². The van der Waals surface area contributed by atoms with Crippen LogP contribution < -0.4 is 0 Å². The molecule has 0 heterocycles. The van der Waals surface area contributed by atoms with Gasteiger partial charge in [0.2, 0.25) is 0 Å². The normalized spacial score (nSPS) is 6.10. The van der Waals surface area contributed by atoms with Crippen LogP contribution in [0.1, 0.15) is 0 Å². The van der Waals surface area contributed by atoms with Gasteiger partial charge in [0.25, 0.3) is 7.12 Å². The van der Waals surface area contributed by atoms with Gasteiger partial charge in [0.15, 0.2) is 0 Å². The van der Waals surface area contributed by atoms with Gasteiger partial charge in [-0.05, 0) is 0 Å². The summed E-state index contributed by atoms with van der Waals surface area (Å²) in [7, 11) is 12.6. The first-order chi connectivity index (χ1) is 4.22. The molecule has 0 N–H and O–H groups in total. The zero-order chi connectivity index (χ0) is 7.70. The fourth-order valence-corrected chi connectivity index (χ4v) is 0.0962. The van der Waals surface area contributed by atoms with Crippen LogP contribution in [-0.4, -0.2) is 21.3 Å². The first kappa shape index (κ1) is 17.5. The van der Waals surface area contributed by atoms with E-state index in [2.05, 4.69) is 16.1 Å². The topological polar surface area (TPSA) is 18.5 Å². The molecule has 0 amide bonds. The second kappa shape index (κ2) is 16.8. The van der Waals surface area contributed by atoms with Gasteiger partial charge in [0.1, 0.15) is 0 Å². The van der Waals surface area contributed by atoms with Gasteiger partial charge in [-0.25, -0.2) is 0 Å². The third kappa shape index (κ3) is 22.7. The summed E-state index contributed by atoms with van der Waals surface area (Å²) in [6.07, 6.45) is 0. The van der Waals surface area contributed by atoms with E-state index in [0.717, 1.165) is 0 Å². The zero-order valence-corrected chi connectivity index (χ0v) is 10.3. The molecule has 0 saturated carbocycles. The molecule has 0 radical (unpaired) electrons. The fraction of sp³-hybridized carbons (Fsp3) is 0.500. The van der Waals surface area contributed by atoms with Crippen molar-refractivity contribution in [2.45, 2.75) is 0 Å². The van der Waals surface area contributed by atoms with Crippen molar-refractivity contribution in [2.75, 3.05) is 14.2 Å². The average Bonchev–Trinajstić information content (AvgIpc) is 1.88. The minimum atomic E-state index is -0.826. The van der Waals surface area contributed by atoms with Gasteiger partial charge < -0.3 is 23.6 Å². The molecule has 0 bridgehead atoms. The zero-order valence-electron chi connectivity index (χ0n) is 6.36. The van der Waals surface area contributed by atoms with Gasteiger partial charge >= 0.3 is 37.9 Å². The molecular formula is C4H11BCl2O2Zr. The molecule has 2 nitrogen and oxygen atoms in total. The molecular weight excluding hydrogens is 253 g/mol. The maximum atomic E-state index is 4.93. The molecule has 0 aliphatic rings. The van der Waals surface area contributed by atoms with E-state index in [1.807, 2.05) is 0 Å².